The van der Waals surface area contributed by atoms with Crippen LogP contribution < -0.4 is 5.63 Å². The van der Waals surface area contributed by atoms with E-state index in [-0.39, 0.29) is 6.61 Å². The van der Waals surface area contributed by atoms with Gasteiger partial charge in [0.25, 0.3) is 0 Å². The lowest BCUT2D eigenvalue weighted by atomic mass is 10.1. The largest absolute Gasteiger partial charge is 0.458 e. The van der Waals surface area contributed by atoms with Crippen LogP contribution in [0.5, 0.6) is 0 Å². The second-order valence-electron chi connectivity index (χ2n) is 7.64. The predicted octanol–water partition coefficient (Wildman–Crippen LogP) is 4.87. The van der Waals surface area contributed by atoms with Crippen molar-refractivity contribution in [2.24, 2.45) is 0 Å². The van der Waals surface area contributed by atoms with Crippen LogP contribution in [0.15, 0.2) is 45.6 Å². The highest BCUT2D eigenvalue weighted by atomic mass is 16.5. The lowest BCUT2D eigenvalue weighted by Gasteiger charge is -2.07. The van der Waals surface area contributed by atoms with Gasteiger partial charge in [-0.1, -0.05) is 19.1 Å². The Hall–Kier alpha value is -3.08. The Labute approximate surface area is 169 Å². The van der Waals surface area contributed by atoms with Crippen molar-refractivity contribution >= 4 is 23.0 Å². The molecule has 1 fully saturated rings. The zero-order valence-corrected chi connectivity index (χ0v) is 17.0. The molecule has 0 spiro atoms. The fourth-order valence-electron chi connectivity index (χ4n) is 3.83. The van der Waals surface area contributed by atoms with Crippen molar-refractivity contribution in [3.8, 4) is 0 Å². The highest BCUT2D eigenvalue weighted by molar-refractivity contribution is 5.87. The first kappa shape index (κ1) is 19.2. The van der Waals surface area contributed by atoms with Gasteiger partial charge in [-0.2, -0.15) is 0 Å². The Morgan fingerprint density at radius 2 is 2.03 bits per heavy atom. The number of nitrogens with zero attached hydrogens (tertiary/aromatic N) is 1. The van der Waals surface area contributed by atoms with Gasteiger partial charge in [0.05, 0.1) is 0 Å². The van der Waals surface area contributed by atoms with Gasteiger partial charge in [-0.25, -0.2) is 9.59 Å². The molecule has 0 amide bonds. The minimum Gasteiger partial charge on any atom is -0.458 e. The summed E-state index contributed by atoms with van der Waals surface area (Å²) in [6.45, 7) is 6.24. The number of esters is 1. The zero-order chi connectivity index (χ0) is 20.5. The number of aromatic nitrogens is 1. The van der Waals surface area contributed by atoms with Gasteiger partial charge in [0.2, 0.25) is 0 Å². The molecular weight excluding hydrogens is 366 g/mol. The first-order valence-electron chi connectivity index (χ1n) is 10.0. The highest BCUT2D eigenvalue weighted by Crippen LogP contribution is 2.38. The van der Waals surface area contributed by atoms with Crippen LogP contribution in [0.2, 0.25) is 0 Å². The van der Waals surface area contributed by atoms with E-state index in [4.69, 9.17) is 9.15 Å². The number of carbonyl (C=O) groups is 1. The van der Waals surface area contributed by atoms with E-state index in [0.29, 0.717) is 17.2 Å². The fraction of sp³-hybridized carbons (Fsp3) is 0.333. The summed E-state index contributed by atoms with van der Waals surface area (Å²) < 4.78 is 13.0. The van der Waals surface area contributed by atoms with E-state index < -0.39 is 11.6 Å². The van der Waals surface area contributed by atoms with Crippen LogP contribution in [-0.2, 0) is 22.6 Å². The maximum absolute atomic E-state index is 12.2. The Kier molecular flexibility index (Phi) is 5.14. The van der Waals surface area contributed by atoms with Crippen molar-refractivity contribution in [1.82, 2.24) is 4.57 Å². The van der Waals surface area contributed by atoms with E-state index in [1.165, 1.54) is 36.4 Å². The van der Waals surface area contributed by atoms with Gasteiger partial charge in [-0.15, -0.1) is 0 Å². The topological polar surface area (TPSA) is 61.4 Å². The number of benzene rings is 1. The number of hydrogen-bond donors (Lipinski definition) is 0. The Morgan fingerprint density at radius 1 is 1.24 bits per heavy atom. The van der Waals surface area contributed by atoms with Gasteiger partial charge in [-0.3, -0.25) is 0 Å². The van der Waals surface area contributed by atoms with Crippen LogP contribution in [0.3, 0.4) is 0 Å². The van der Waals surface area contributed by atoms with E-state index in [9.17, 15) is 9.59 Å². The Morgan fingerprint density at radius 3 is 2.76 bits per heavy atom. The average Bonchev–Trinajstić information content (AvgIpc) is 3.49. The molecule has 3 aromatic rings. The maximum atomic E-state index is 12.2. The van der Waals surface area contributed by atoms with Crippen molar-refractivity contribution in [3.63, 3.8) is 0 Å². The molecule has 0 unspecified atom stereocenters. The molecule has 29 heavy (non-hydrogen) atoms. The molecule has 2 heterocycles. The standard InChI is InChI=1S/C24H25NO4/c1-4-17-5-9-21-19(13-24(27)29-22(21)12-17)14-28-23(26)10-6-18-11-15(2)25(16(18)3)20-7-8-20/h5-6,9-13,20H,4,7-8,14H2,1-3H3/b10-6+. The minimum atomic E-state index is -0.445. The van der Waals surface area contributed by atoms with E-state index in [2.05, 4.69) is 24.5 Å². The monoisotopic (exact) mass is 391 g/mol. The smallest absolute Gasteiger partial charge is 0.336 e. The molecule has 2 aromatic heterocycles. The summed E-state index contributed by atoms with van der Waals surface area (Å²) in [5.74, 6) is -0.437. The SMILES string of the molecule is CCc1ccc2c(COC(=O)/C=C/c3cc(C)n(C4CC4)c3C)cc(=O)oc2c1. The van der Waals surface area contributed by atoms with Gasteiger partial charge in [0, 0.05) is 40.5 Å². The number of carbonyl (C=O) groups excluding carboxylic acids is 1. The third-order valence-corrected chi connectivity index (χ3v) is 5.51. The van der Waals surface area contributed by atoms with Gasteiger partial charge in [-0.05, 0) is 62.4 Å². The van der Waals surface area contributed by atoms with Crippen LogP contribution >= 0.6 is 0 Å². The predicted molar refractivity (Wildman–Crippen MR) is 113 cm³/mol. The molecular formula is C24H25NO4. The molecule has 1 aliphatic rings. The Balaban J connectivity index is 1.48. The molecule has 5 heteroatoms. The van der Waals surface area contributed by atoms with Crippen molar-refractivity contribution in [2.75, 3.05) is 0 Å². The lowest BCUT2D eigenvalue weighted by Crippen LogP contribution is -2.06. The van der Waals surface area contributed by atoms with E-state index in [1.54, 1.807) is 6.08 Å². The number of ether oxygens (including phenoxy) is 1. The minimum absolute atomic E-state index is 0.0256. The van der Waals surface area contributed by atoms with Crippen LogP contribution in [0.25, 0.3) is 17.0 Å². The first-order chi connectivity index (χ1) is 14.0. The number of hydrogen-bond acceptors (Lipinski definition) is 4. The summed E-state index contributed by atoms with van der Waals surface area (Å²) in [5.41, 5.74) is 5.23. The summed E-state index contributed by atoms with van der Waals surface area (Å²) in [6, 6.07) is 9.84. The van der Waals surface area contributed by atoms with Gasteiger partial charge >= 0.3 is 11.6 Å². The molecule has 0 aliphatic heterocycles. The average molecular weight is 391 g/mol. The Bertz CT molecular complexity index is 1160. The molecule has 0 N–H and O–H groups in total. The first-order valence-corrected chi connectivity index (χ1v) is 10.0. The lowest BCUT2D eigenvalue weighted by molar-refractivity contribution is -0.138. The number of rotatable bonds is 6. The molecule has 0 atom stereocenters. The maximum Gasteiger partial charge on any atom is 0.336 e. The van der Waals surface area contributed by atoms with Gasteiger partial charge in [0.1, 0.15) is 12.2 Å². The van der Waals surface area contributed by atoms with E-state index in [1.807, 2.05) is 25.1 Å². The summed E-state index contributed by atoms with van der Waals surface area (Å²) in [6.07, 6.45) is 6.54. The molecule has 1 aromatic carbocycles. The van der Waals surface area contributed by atoms with Crippen LogP contribution in [-0.4, -0.2) is 10.5 Å². The molecule has 0 bridgehead atoms. The van der Waals surface area contributed by atoms with E-state index >= 15 is 0 Å². The molecule has 150 valence electrons. The van der Waals surface area contributed by atoms with Crippen molar-refractivity contribution in [1.29, 1.82) is 0 Å². The van der Waals surface area contributed by atoms with E-state index in [0.717, 1.165) is 22.9 Å². The van der Waals surface area contributed by atoms with Gasteiger partial charge < -0.3 is 13.7 Å². The third-order valence-electron chi connectivity index (χ3n) is 5.51. The van der Waals surface area contributed by atoms with Crippen LogP contribution in [0, 0.1) is 13.8 Å². The highest BCUT2D eigenvalue weighted by Gasteiger charge is 2.26. The normalized spacial score (nSPS) is 14.0. The summed E-state index contributed by atoms with van der Waals surface area (Å²) in [5, 5.41) is 0.784. The second-order valence-corrected chi connectivity index (χ2v) is 7.64. The molecule has 1 saturated carbocycles. The quantitative estimate of drug-likeness (QED) is 0.342. The number of fused-ring (bicyclic) bond motifs is 1. The zero-order valence-electron chi connectivity index (χ0n) is 17.0. The number of aryl methyl sites for hydroxylation is 2. The molecule has 0 saturated heterocycles. The van der Waals surface area contributed by atoms with Crippen molar-refractivity contribution < 1.29 is 13.9 Å². The fourth-order valence-corrected chi connectivity index (χ4v) is 3.83. The molecule has 4 rings (SSSR count). The van der Waals surface area contributed by atoms with Crippen molar-refractivity contribution in [3.05, 3.63) is 74.9 Å². The third kappa shape index (κ3) is 4.04. The summed E-state index contributed by atoms with van der Waals surface area (Å²) >= 11 is 0. The summed E-state index contributed by atoms with van der Waals surface area (Å²) in [7, 11) is 0. The summed E-state index contributed by atoms with van der Waals surface area (Å²) in [4.78, 5) is 24.1. The van der Waals surface area contributed by atoms with Crippen LogP contribution in [0.4, 0.5) is 0 Å². The van der Waals surface area contributed by atoms with Crippen molar-refractivity contribution in [2.45, 2.75) is 52.7 Å². The molecule has 1 aliphatic carbocycles. The second kappa shape index (κ2) is 7.74. The van der Waals surface area contributed by atoms with Crippen LogP contribution in [0.1, 0.15) is 53.9 Å². The molecule has 0 radical (unpaired) electrons. The molecule has 5 nitrogen and oxygen atoms in total. The van der Waals surface area contributed by atoms with Gasteiger partial charge in [0.15, 0.2) is 0 Å².